The van der Waals surface area contributed by atoms with Gasteiger partial charge in [0.1, 0.15) is 5.75 Å². The van der Waals surface area contributed by atoms with Gasteiger partial charge in [0.25, 0.3) is 5.91 Å². The number of carbonyl (C=O) groups is 1. The molecule has 0 saturated carbocycles. The molecule has 154 valence electrons. The predicted molar refractivity (Wildman–Crippen MR) is 117 cm³/mol. The molecule has 1 aliphatic heterocycles. The fraction of sp³-hybridized carbons (Fsp3) is 0.174. The second-order valence-corrected chi connectivity index (χ2v) is 8.98. The fourth-order valence-electron chi connectivity index (χ4n) is 3.53. The van der Waals surface area contributed by atoms with Crippen molar-refractivity contribution in [1.82, 2.24) is 9.21 Å². The SMILES string of the molecule is O=C(c1cc2ccccc2cc1O)N1CCN(S(=O)(=O)/C=C/c2ccccc2)CC1. The maximum atomic E-state index is 12.9. The summed E-state index contributed by atoms with van der Waals surface area (Å²) in [7, 11) is -3.57. The molecule has 0 aliphatic carbocycles. The minimum atomic E-state index is -3.57. The van der Waals surface area contributed by atoms with Gasteiger partial charge in [-0.25, -0.2) is 8.42 Å². The van der Waals surface area contributed by atoms with Crippen molar-refractivity contribution < 1.29 is 18.3 Å². The smallest absolute Gasteiger partial charge is 0.257 e. The molecule has 0 aromatic heterocycles. The van der Waals surface area contributed by atoms with Crippen molar-refractivity contribution in [3.05, 3.63) is 83.3 Å². The molecule has 3 aromatic carbocycles. The molecule has 0 unspecified atom stereocenters. The monoisotopic (exact) mass is 422 g/mol. The van der Waals surface area contributed by atoms with Gasteiger partial charge in [-0.05, 0) is 34.5 Å². The quantitative estimate of drug-likeness (QED) is 0.700. The molecular weight excluding hydrogens is 400 g/mol. The summed E-state index contributed by atoms with van der Waals surface area (Å²) in [4.78, 5) is 14.5. The summed E-state index contributed by atoms with van der Waals surface area (Å²) in [6, 6.07) is 20.0. The Morgan fingerprint density at radius 2 is 1.47 bits per heavy atom. The summed E-state index contributed by atoms with van der Waals surface area (Å²) in [6.45, 7) is 0.954. The van der Waals surface area contributed by atoms with E-state index >= 15 is 0 Å². The molecule has 0 radical (unpaired) electrons. The van der Waals surface area contributed by atoms with Crippen molar-refractivity contribution in [2.24, 2.45) is 0 Å². The third-order valence-electron chi connectivity index (χ3n) is 5.21. The molecule has 30 heavy (non-hydrogen) atoms. The normalized spacial score (nSPS) is 15.7. The molecule has 0 spiro atoms. The first kappa shape index (κ1) is 20.1. The van der Waals surface area contributed by atoms with Crippen molar-refractivity contribution in [1.29, 1.82) is 0 Å². The van der Waals surface area contributed by atoms with Gasteiger partial charge in [0.15, 0.2) is 0 Å². The van der Waals surface area contributed by atoms with E-state index in [4.69, 9.17) is 0 Å². The van der Waals surface area contributed by atoms with Gasteiger partial charge in [0.2, 0.25) is 10.0 Å². The van der Waals surface area contributed by atoms with Crippen LogP contribution < -0.4 is 0 Å². The molecule has 1 amide bonds. The summed E-state index contributed by atoms with van der Waals surface area (Å²) in [5.74, 6) is -0.366. The van der Waals surface area contributed by atoms with Gasteiger partial charge in [-0.2, -0.15) is 4.31 Å². The number of piperazine rings is 1. The van der Waals surface area contributed by atoms with E-state index in [1.54, 1.807) is 23.1 Å². The molecule has 0 bridgehead atoms. The number of benzene rings is 3. The molecular formula is C23H22N2O4S. The Kier molecular flexibility index (Phi) is 5.57. The van der Waals surface area contributed by atoms with Gasteiger partial charge >= 0.3 is 0 Å². The number of hydrogen-bond donors (Lipinski definition) is 1. The van der Waals surface area contributed by atoms with Crippen LogP contribution in [0.15, 0.2) is 72.1 Å². The summed E-state index contributed by atoms with van der Waals surface area (Å²) in [5.41, 5.74) is 1.04. The largest absolute Gasteiger partial charge is 0.507 e. The average molecular weight is 423 g/mol. The highest BCUT2D eigenvalue weighted by atomic mass is 32.2. The highest BCUT2D eigenvalue weighted by Gasteiger charge is 2.28. The van der Waals surface area contributed by atoms with Crippen LogP contribution in [0.5, 0.6) is 5.75 Å². The van der Waals surface area contributed by atoms with Crippen LogP contribution in [0.25, 0.3) is 16.8 Å². The number of sulfonamides is 1. The van der Waals surface area contributed by atoms with E-state index in [0.717, 1.165) is 16.3 Å². The Morgan fingerprint density at radius 3 is 2.13 bits per heavy atom. The number of hydrogen-bond acceptors (Lipinski definition) is 4. The van der Waals surface area contributed by atoms with E-state index in [-0.39, 0.29) is 43.4 Å². The molecule has 1 N–H and O–H groups in total. The van der Waals surface area contributed by atoms with Crippen LogP contribution in [-0.4, -0.2) is 54.8 Å². The highest BCUT2D eigenvalue weighted by molar-refractivity contribution is 7.92. The van der Waals surface area contributed by atoms with Crippen LogP contribution in [0.3, 0.4) is 0 Å². The van der Waals surface area contributed by atoms with Crippen LogP contribution in [0.1, 0.15) is 15.9 Å². The lowest BCUT2D eigenvalue weighted by molar-refractivity contribution is 0.0695. The number of fused-ring (bicyclic) bond motifs is 1. The first-order chi connectivity index (χ1) is 14.4. The van der Waals surface area contributed by atoms with Gasteiger partial charge in [-0.15, -0.1) is 0 Å². The Hall–Kier alpha value is -3.16. The molecule has 4 rings (SSSR count). The van der Waals surface area contributed by atoms with Crippen LogP contribution in [0.4, 0.5) is 0 Å². The molecule has 1 heterocycles. The van der Waals surface area contributed by atoms with Gasteiger partial charge in [0, 0.05) is 31.6 Å². The Morgan fingerprint density at radius 1 is 0.867 bits per heavy atom. The molecule has 1 saturated heterocycles. The van der Waals surface area contributed by atoms with Crippen LogP contribution in [-0.2, 0) is 10.0 Å². The molecule has 7 heteroatoms. The lowest BCUT2D eigenvalue weighted by Gasteiger charge is -2.33. The van der Waals surface area contributed by atoms with E-state index in [1.165, 1.54) is 9.71 Å². The van der Waals surface area contributed by atoms with E-state index in [9.17, 15) is 18.3 Å². The molecule has 0 atom stereocenters. The maximum Gasteiger partial charge on any atom is 0.257 e. The Balaban J connectivity index is 1.45. The molecule has 1 fully saturated rings. The van der Waals surface area contributed by atoms with E-state index in [1.807, 2.05) is 54.6 Å². The van der Waals surface area contributed by atoms with Crippen molar-refractivity contribution >= 4 is 32.8 Å². The first-order valence-electron chi connectivity index (χ1n) is 9.68. The predicted octanol–water partition coefficient (Wildman–Crippen LogP) is 3.30. The summed E-state index contributed by atoms with van der Waals surface area (Å²) in [6.07, 6.45) is 1.57. The number of aromatic hydroxyl groups is 1. The fourth-order valence-corrected chi connectivity index (χ4v) is 4.70. The van der Waals surface area contributed by atoms with E-state index in [0.29, 0.717) is 0 Å². The minimum Gasteiger partial charge on any atom is -0.507 e. The second kappa shape index (κ2) is 8.30. The molecule has 3 aromatic rings. The molecule has 1 aliphatic rings. The van der Waals surface area contributed by atoms with Crippen LogP contribution in [0, 0.1) is 0 Å². The van der Waals surface area contributed by atoms with Crippen molar-refractivity contribution in [2.45, 2.75) is 0 Å². The van der Waals surface area contributed by atoms with Gasteiger partial charge in [0.05, 0.1) is 5.56 Å². The number of phenols is 1. The van der Waals surface area contributed by atoms with Crippen molar-refractivity contribution in [3.8, 4) is 5.75 Å². The summed E-state index contributed by atoms with van der Waals surface area (Å²) < 4.78 is 26.6. The van der Waals surface area contributed by atoms with Crippen molar-refractivity contribution in [2.75, 3.05) is 26.2 Å². The van der Waals surface area contributed by atoms with Crippen LogP contribution in [0.2, 0.25) is 0 Å². The maximum absolute atomic E-state index is 12.9. The number of nitrogens with zero attached hydrogens (tertiary/aromatic N) is 2. The minimum absolute atomic E-state index is 0.0699. The van der Waals surface area contributed by atoms with Gasteiger partial charge in [-0.1, -0.05) is 54.6 Å². The number of amides is 1. The van der Waals surface area contributed by atoms with E-state index in [2.05, 4.69) is 0 Å². The standard InChI is InChI=1S/C23H22N2O4S/c26-22-17-20-9-5-4-8-19(20)16-21(22)23(27)24-11-13-25(14-12-24)30(28,29)15-10-18-6-2-1-3-7-18/h1-10,15-17,26H,11-14H2/b15-10+. The Labute approximate surface area is 175 Å². The zero-order valence-electron chi connectivity index (χ0n) is 16.3. The summed E-state index contributed by atoms with van der Waals surface area (Å²) in [5, 5.41) is 13.2. The lowest BCUT2D eigenvalue weighted by atomic mass is 10.0. The topological polar surface area (TPSA) is 77.9 Å². The van der Waals surface area contributed by atoms with Gasteiger partial charge in [-0.3, -0.25) is 4.79 Å². The highest BCUT2D eigenvalue weighted by Crippen LogP contribution is 2.26. The second-order valence-electron chi connectivity index (χ2n) is 7.17. The number of phenolic OH excluding ortho intramolecular Hbond substituents is 1. The zero-order valence-corrected chi connectivity index (χ0v) is 17.1. The summed E-state index contributed by atoms with van der Waals surface area (Å²) >= 11 is 0. The Bertz CT molecular complexity index is 1200. The number of carbonyl (C=O) groups excluding carboxylic acids is 1. The third kappa shape index (κ3) is 4.22. The molecule has 6 nitrogen and oxygen atoms in total. The van der Waals surface area contributed by atoms with Gasteiger partial charge < -0.3 is 10.0 Å². The van der Waals surface area contributed by atoms with E-state index < -0.39 is 10.0 Å². The van der Waals surface area contributed by atoms with Crippen molar-refractivity contribution in [3.63, 3.8) is 0 Å². The third-order valence-corrected chi connectivity index (χ3v) is 6.78. The lowest BCUT2D eigenvalue weighted by Crippen LogP contribution is -2.50. The average Bonchev–Trinajstić information content (AvgIpc) is 2.77. The first-order valence-corrected chi connectivity index (χ1v) is 11.2. The number of rotatable bonds is 4. The van der Waals surface area contributed by atoms with Crippen LogP contribution >= 0.6 is 0 Å². The zero-order chi connectivity index (χ0) is 21.1.